The first-order valence-electron chi connectivity index (χ1n) is 6.78. The fraction of sp³-hybridized carbons (Fsp3) is 0.429. The van der Waals surface area contributed by atoms with E-state index < -0.39 is 23.6 Å². The summed E-state index contributed by atoms with van der Waals surface area (Å²) in [5.74, 6) is -2.40. The van der Waals surface area contributed by atoms with E-state index >= 15 is 0 Å². The van der Waals surface area contributed by atoms with Crippen molar-refractivity contribution in [1.29, 1.82) is 0 Å². The first-order valence-corrected chi connectivity index (χ1v) is 6.78. The molecule has 1 fully saturated rings. The average molecular weight is 350 g/mol. The monoisotopic (exact) mass is 349 g/mol. The van der Waals surface area contributed by atoms with Gasteiger partial charge in [0, 0.05) is 25.3 Å². The third kappa shape index (κ3) is 5.74. The Morgan fingerprint density at radius 2 is 2.00 bits per heavy atom. The van der Waals surface area contributed by atoms with E-state index in [2.05, 4.69) is 10.6 Å². The fourth-order valence-electron chi connectivity index (χ4n) is 2.11. The van der Waals surface area contributed by atoms with Crippen LogP contribution in [0.5, 0.6) is 0 Å². The number of hydrogen-bond donors (Lipinski definition) is 2. The van der Waals surface area contributed by atoms with Crippen LogP contribution in [0, 0.1) is 11.6 Å². The maximum absolute atomic E-state index is 13.0. The molecule has 23 heavy (non-hydrogen) atoms. The number of amides is 2. The molecule has 1 aliphatic heterocycles. The zero-order valence-corrected chi connectivity index (χ0v) is 13.3. The van der Waals surface area contributed by atoms with E-state index in [1.807, 2.05) is 0 Å². The molecule has 0 radical (unpaired) electrons. The molecule has 2 rings (SSSR count). The van der Waals surface area contributed by atoms with Crippen molar-refractivity contribution < 1.29 is 23.1 Å². The molecule has 0 saturated carbocycles. The summed E-state index contributed by atoms with van der Waals surface area (Å²) in [5, 5.41) is 5.34. The highest BCUT2D eigenvalue weighted by Crippen LogP contribution is 2.12. The molecule has 1 heterocycles. The van der Waals surface area contributed by atoms with Crippen molar-refractivity contribution >= 4 is 29.9 Å². The second-order valence-corrected chi connectivity index (χ2v) is 4.98. The number of carbonyl (C=O) groups excluding carboxylic acids is 2. The van der Waals surface area contributed by atoms with Crippen LogP contribution in [0.3, 0.4) is 0 Å². The van der Waals surface area contributed by atoms with Crippen LogP contribution in [0.15, 0.2) is 18.2 Å². The van der Waals surface area contributed by atoms with E-state index in [4.69, 9.17) is 4.74 Å². The number of likely N-dealkylation sites (N-methyl/N-ethyl adjacent to an activating group) is 1. The lowest BCUT2D eigenvalue weighted by Gasteiger charge is -2.27. The molecule has 1 aromatic carbocycles. The molecule has 0 aliphatic carbocycles. The van der Waals surface area contributed by atoms with Gasteiger partial charge >= 0.3 is 0 Å². The van der Waals surface area contributed by atoms with Crippen molar-refractivity contribution in [3.05, 3.63) is 29.8 Å². The van der Waals surface area contributed by atoms with Crippen LogP contribution in [-0.2, 0) is 14.3 Å². The lowest BCUT2D eigenvalue weighted by Crippen LogP contribution is -2.52. The van der Waals surface area contributed by atoms with Crippen LogP contribution in [0.2, 0.25) is 0 Å². The van der Waals surface area contributed by atoms with Gasteiger partial charge in [-0.15, -0.1) is 12.4 Å². The number of carbonyl (C=O) groups is 2. The Morgan fingerprint density at radius 1 is 1.35 bits per heavy atom. The molecule has 1 atom stereocenters. The number of nitrogens with one attached hydrogen (secondary N) is 2. The topological polar surface area (TPSA) is 70.7 Å². The van der Waals surface area contributed by atoms with Crippen LogP contribution in [0.1, 0.15) is 0 Å². The molecule has 0 bridgehead atoms. The van der Waals surface area contributed by atoms with E-state index in [-0.39, 0.29) is 37.2 Å². The van der Waals surface area contributed by atoms with Crippen LogP contribution >= 0.6 is 12.4 Å². The SMILES string of the molecule is CN(CC(=O)Nc1cc(F)cc(F)c1)C(=O)C1COCCN1.Cl. The van der Waals surface area contributed by atoms with E-state index in [1.165, 1.54) is 11.9 Å². The number of anilines is 1. The van der Waals surface area contributed by atoms with Crippen molar-refractivity contribution in [3.63, 3.8) is 0 Å². The van der Waals surface area contributed by atoms with Gasteiger partial charge in [0.2, 0.25) is 11.8 Å². The lowest BCUT2D eigenvalue weighted by molar-refractivity contribution is -0.137. The smallest absolute Gasteiger partial charge is 0.243 e. The van der Waals surface area contributed by atoms with E-state index in [9.17, 15) is 18.4 Å². The largest absolute Gasteiger partial charge is 0.378 e. The van der Waals surface area contributed by atoms with Crippen LogP contribution in [0.4, 0.5) is 14.5 Å². The highest BCUT2D eigenvalue weighted by molar-refractivity contribution is 5.95. The molecule has 1 aliphatic rings. The Kier molecular flexibility index (Phi) is 7.34. The van der Waals surface area contributed by atoms with Gasteiger partial charge in [0.15, 0.2) is 0 Å². The molecular formula is C14H18ClF2N3O3. The number of hydrogen-bond acceptors (Lipinski definition) is 4. The van der Waals surface area contributed by atoms with Gasteiger partial charge in [0.1, 0.15) is 17.7 Å². The maximum atomic E-state index is 13.0. The first kappa shape index (κ1) is 19.3. The lowest BCUT2D eigenvalue weighted by atomic mass is 10.2. The Bertz CT molecular complexity index is 548. The predicted octanol–water partition coefficient (Wildman–Crippen LogP) is 0.772. The molecule has 2 amide bonds. The number of ether oxygens (including phenoxy) is 1. The standard InChI is InChI=1S/C14H17F2N3O3.ClH/c1-19(14(21)12-8-22-3-2-17-12)7-13(20)18-11-5-9(15)4-10(16)6-11;/h4-6,12,17H,2-3,7-8H2,1H3,(H,18,20);1H. The fourth-order valence-corrected chi connectivity index (χ4v) is 2.11. The highest BCUT2D eigenvalue weighted by Gasteiger charge is 2.25. The molecule has 2 N–H and O–H groups in total. The third-order valence-corrected chi connectivity index (χ3v) is 3.12. The Morgan fingerprint density at radius 3 is 2.57 bits per heavy atom. The number of rotatable bonds is 4. The van der Waals surface area contributed by atoms with Crippen molar-refractivity contribution in [3.8, 4) is 0 Å². The predicted molar refractivity (Wildman–Crippen MR) is 82.5 cm³/mol. The van der Waals surface area contributed by atoms with Crippen molar-refractivity contribution in [2.45, 2.75) is 6.04 Å². The molecule has 6 nitrogen and oxygen atoms in total. The second kappa shape index (κ2) is 8.76. The maximum Gasteiger partial charge on any atom is 0.243 e. The third-order valence-electron chi connectivity index (χ3n) is 3.12. The van der Waals surface area contributed by atoms with E-state index in [0.29, 0.717) is 19.2 Å². The molecular weight excluding hydrogens is 332 g/mol. The summed E-state index contributed by atoms with van der Waals surface area (Å²) < 4.78 is 31.3. The van der Waals surface area contributed by atoms with Gasteiger partial charge in [0.05, 0.1) is 19.8 Å². The van der Waals surface area contributed by atoms with Gasteiger partial charge < -0.3 is 20.3 Å². The molecule has 1 unspecified atom stereocenters. The minimum absolute atomic E-state index is 0. The van der Waals surface area contributed by atoms with Crippen molar-refractivity contribution in [1.82, 2.24) is 10.2 Å². The molecule has 9 heteroatoms. The number of benzene rings is 1. The molecule has 0 spiro atoms. The first-order chi connectivity index (χ1) is 10.5. The molecule has 1 saturated heterocycles. The Balaban J connectivity index is 0.00000264. The molecule has 1 aromatic rings. The summed E-state index contributed by atoms with van der Waals surface area (Å²) in [7, 11) is 1.48. The van der Waals surface area contributed by atoms with Crippen molar-refractivity contribution in [2.75, 3.05) is 38.7 Å². The minimum Gasteiger partial charge on any atom is -0.378 e. The number of morpholine rings is 1. The second-order valence-electron chi connectivity index (χ2n) is 4.98. The van der Waals surface area contributed by atoms with Crippen LogP contribution < -0.4 is 10.6 Å². The summed E-state index contributed by atoms with van der Waals surface area (Å²) in [4.78, 5) is 25.1. The highest BCUT2D eigenvalue weighted by atomic mass is 35.5. The zero-order valence-electron chi connectivity index (χ0n) is 12.5. The summed E-state index contributed by atoms with van der Waals surface area (Å²) in [6.45, 7) is 1.13. The summed E-state index contributed by atoms with van der Waals surface area (Å²) in [6, 6.07) is 2.22. The molecule has 0 aromatic heterocycles. The Hall–Kier alpha value is -1.77. The summed E-state index contributed by atoms with van der Waals surface area (Å²) >= 11 is 0. The number of nitrogens with zero attached hydrogens (tertiary/aromatic N) is 1. The zero-order chi connectivity index (χ0) is 16.1. The molecule has 128 valence electrons. The van der Waals surface area contributed by atoms with Gasteiger partial charge in [-0.1, -0.05) is 0 Å². The van der Waals surface area contributed by atoms with Gasteiger partial charge in [-0.2, -0.15) is 0 Å². The normalized spacial score (nSPS) is 17.1. The minimum atomic E-state index is -0.789. The Labute approximate surface area is 138 Å². The number of halogens is 3. The van der Waals surface area contributed by atoms with Gasteiger partial charge in [-0.05, 0) is 12.1 Å². The van der Waals surface area contributed by atoms with Gasteiger partial charge in [0.25, 0.3) is 0 Å². The van der Waals surface area contributed by atoms with Gasteiger partial charge in [-0.25, -0.2) is 8.78 Å². The van der Waals surface area contributed by atoms with Crippen molar-refractivity contribution in [2.24, 2.45) is 0 Å². The van der Waals surface area contributed by atoms with E-state index in [0.717, 1.165) is 12.1 Å². The summed E-state index contributed by atoms with van der Waals surface area (Å²) in [6.07, 6.45) is 0. The average Bonchev–Trinajstić information content (AvgIpc) is 2.46. The van der Waals surface area contributed by atoms with Crippen LogP contribution in [0.25, 0.3) is 0 Å². The van der Waals surface area contributed by atoms with Crippen LogP contribution in [-0.4, -0.2) is 56.1 Å². The van der Waals surface area contributed by atoms with E-state index in [1.54, 1.807) is 0 Å². The summed E-state index contributed by atoms with van der Waals surface area (Å²) in [5.41, 5.74) is 0.00229. The quantitative estimate of drug-likeness (QED) is 0.842. The van der Waals surface area contributed by atoms with Gasteiger partial charge in [-0.3, -0.25) is 9.59 Å².